The molecule has 0 spiro atoms. The van der Waals surface area contributed by atoms with Gasteiger partial charge in [-0.2, -0.15) is 0 Å². The molecule has 3 aromatic rings. The topological polar surface area (TPSA) is 114 Å². The lowest BCUT2D eigenvalue weighted by molar-refractivity contribution is -0.146. The molecule has 43 heavy (non-hydrogen) atoms. The maximum absolute atomic E-state index is 13.9. The maximum Gasteiger partial charge on any atom is 0.407 e. The molecule has 9 nitrogen and oxygen atoms in total. The second-order valence-corrected chi connectivity index (χ2v) is 11.8. The molecule has 228 valence electrons. The number of ether oxygens (including phenoxy) is 3. The highest BCUT2D eigenvalue weighted by molar-refractivity contribution is 6.30. The second kappa shape index (κ2) is 13.9. The van der Waals surface area contributed by atoms with Gasteiger partial charge in [0.1, 0.15) is 23.6 Å². The van der Waals surface area contributed by atoms with Crippen LogP contribution in [-0.2, 0) is 32.0 Å². The van der Waals surface area contributed by atoms with Crippen molar-refractivity contribution in [2.24, 2.45) is 0 Å². The van der Waals surface area contributed by atoms with Gasteiger partial charge in [0.25, 0.3) is 5.91 Å². The monoisotopic (exact) mass is 608 g/mol. The molecule has 0 aliphatic carbocycles. The van der Waals surface area contributed by atoms with E-state index in [4.69, 9.17) is 25.8 Å². The summed E-state index contributed by atoms with van der Waals surface area (Å²) in [5.41, 5.74) is 3.28. The maximum atomic E-state index is 13.9. The van der Waals surface area contributed by atoms with Crippen molar-refractivity contribution in [2.75, 3.05) is 18.6 Å². The highest BCUT2D eigenvalue weighted by Gasteiger charge is 2.38. The first kappa shape index (κ1) is 31.8. The molecule has 2 N–H and O–H groups in total. The average molecular weight is 609 g/mol. The van der Waals surface area contributed by atoms with Gasteiger partial charge in [0.2, 0.25) is 0 Å². The van der Waals surface area contributed by atoms with Crippen molar-refractivity contribution in [3.8, 4) is 5.75 Å². The van der Waals surface area contributed by atoms with Gasteiger partial charge in [0.15, 0.2) is 0 Å². The van der Waals surface area contributed by atoms with Crippen molar-refractivity contribution >= 4 is 35.3 Å². The summed E-state index contributed by atoms with van der Waals surface area (Å²) in [5, 5.41) is 12.9. The lowest BCUT2D eigenvalue weighted by atomic mass is 9.96. The summed E-state index contributed by atoms with van der Waals surface area (Å²) in [7, 11) is 1.58. The number of hydrogen-bond acceptors (Lipinski definition) is 6. The highest BCUT2D eigenvalue weighted by atomic mass is 35.5. The number of carbonyl (C=O) groups excluding carboxylic acids is 2. The van der Waals surface area contributed by atoms with Crippen LogP contribution in [0.5, 0.6) is 5.75 Å². The van der Waals surface area contributed by atoms with Gasteiger partial charge in [-0.05, 0) is 80.6 Å². The highest BCUT2D eigenvalue weighted by Crippen LogP contribution is 2.41. The lowest BCUT2D eigenvalue weighted by Gasteiger charge is -2.25. The Morgan fingerprint density at radius 1 is 1.05 bits per heavy atom. The number of methoxy groups -OCH3 is 1. The van der Waals surface area contributed by atoms with Crippen molar-refractivity contribution in [3.63, 3.8) is 0 Å². The molecular weight excluding hydrogens is 572 g/mol. The Labute approximate surface area is 256 Å². The number of amides is 2. The number of carbonyl (C=O) groups is 3. The number of halogens is 1. The number of carboxylic acid groups (broad SMARTS) is 1. The van der Waals surface area contributed by atoms with Crippen LogP contribution in [0.4, 0.5) is 10.5 Å². The fourth-order valence-corrected chi connectivity index (χ4v) is 5.09. The molecule has 4 rings (SSSR count). The van der Waals surface area contributed by atoms with E-state index in [-0.39, 0.29) is 6.54 Å². The van der Waals surface area contributed by atoms with Gasteiger partial charge in [-0.3, -0.25) is 9.59 Å². The predicted molar refractivity (Wildman–Crippen MR) is 164 cm³/mol. The number of hydrogen-bond donors (Lipinski definition) is 2. The first-order valence-electron chi connectivity index (χ1n) is 14.1. The molecule has 2 unspecified atom stereocenters. The number of rotatable bonds is 10. The van der Waals surface area contributed by atoms with E-state index in [0.29, 0.717) is 41.4 Å². The van der Waals surface area contributed by atoms with Gasteiger partial charge in [-0.15, -0.1) is 0 Å². The van der Waals surface area contributed by atoms with Crippen LogP contribution in [0, 0.1) is 0 Å². The third-order valence-electron chi connectivity index (χ3n) is 6.83. The SMILES string of the molecule is COc1ccc(CN2C(=O)C(CC(=O)O)OC(c3cccc(CCCNC(=O)OC(C)(C)C)c3)c3cc(Cl)ccc32)cc1. The van der Waals surface area contributed by atoms with E-state index in [1.54, 1.807) is 30.2 Å². The van der Waals surface area contributed by atoms with Crippen molar-refractivity contribution in [1.29, 1.82) is 0 Å². The molecule has 2 atom stereocenters. The first-order chi connectivity index (χ1) is 20.4. The Kier molecular flexibility index (Phi) is 10.3. The van der Waals surface area contributed by atoms with E-state index < -0.39 is 42.2 Å². The fourth-order valence-electron chi connectivity index (χ4n) is 4.91. The Morgan fingerprint density at radius 3 is 2.47 bits per heavy atom. The summed E-state index contributed by atoms with van der Waals surface area (Å²) in [5.74, 6) is -0.906. The van der Waals surface area contributed by atoms with Gasteiger partial charge in [-0.1, -0.05) is 48.0 Å². The lowest BCUT2D eigenvalue weighted by Crippen LogP contribution is -2.40. The number of aryl methyl sites for hydroxylation is 1. The number of aliphatic carboxylic acids is 1. The summed E-state index contributed by atoms with van der Waals surface area (Å²) in [6.45, 7) is 6.07. The smallest absolute Gasteiger partial charge is 0.407 e. The van der Waals surface area contributed by atoms with Crippen molar-refractivity contribution in [3.05, 3.63) is 94.0 Å². The van der Waals surface area contributed by atoms with E-state index >= 15 is 0 Å². The average Bonchev–Trinajstić information content (AvgIpc) is 3.05. The van der Waals surface area contributed by atoms with Crippen LogP contribution in [-0.4, -0.2) is 48.4 Å². The molecule has 2 amide bonds. The largest absolute Gasteiger partial charge is 0.497 e. The van der Waals surface area contributed by atoms with Crippen molar-refractivity contribution < 1.29 is 33.7 Å². The molecular formula is C33H37ClN2O7. The molecule has 1 aliphatic heterocycles. The number of benzene rings is 3. The van der Waals surface area contributed by atoms with E-state index in [2.05, 4.69) is 5.32 Å². The quantitative estimate of drug-likeness (QED) is 0.260. The molecule has 0 saturated carbocycles. The van der Waals surface area contributed by atoms with Gasteiger partial charge < -0.3 is 29.5 Å². The minimum Gasteiger partial charge on any atom is -0.497 e. The van der Waals surface area contributed by atoms with Crippen LogP contribution in [0.15, 0.2) is 66.7 Å². The first-order valence-corrected chi connectivity index (χ1v) is 14.5. The normalized spacial score (nSPS) is 16.7. The number of fused-ring (bicyclic) bond motifs is 1. The number of carboxylic acids is 1. The van der Waals surface area contributed by atoms with E-state index in [1.165, 1.54) is 0 Å². The molecule has 3 aromatic carbocycles. The zero-order valence-electron chi connectivity index (χ0n) is 24.8. The fraction of sp³-hybridized carbons (Fsp3) is 0.364. The standard InChI is InChI=1S/C33H37ClN2O7/c1-33(2,3)43-32(40)35-16-6-8-21-7-5-9-23(17-21)30-26-18-24(34)12-15-27(26)36(31(39)28(42-30)19-29(37)38)20-22-10-13-25(41-4)14-11-22/h5,7,9-15,17-18,28,30H,6,8,16,19-20H2,1-4H3,(H,35,40)(H,37,38). The van der Waals surface area contributed by atoms with Crippen LogP contribution >= 0.6 is 11.6 Å². The summed E-state index contributed by atoms with van der Waals surface area (Å²) in [4.78, 5) is 39.2. The Morgan fingerprint density at radius 2 is 1.79 bits per heavy atom. The van der Waals surface area contributed by atoms with E-state index in [0.717, 1.165) is 16.7 Å². The molecule has 0 bridgehead atoms. The van der Waals surface area contributed by atoms with E-state index in [1.807, 2.05) is 69.3 Å². The Bertz CT molecular complexity index is 1450. The van der Waals surface area contributed by atoms with Crippen LogP contribution in [0.1, 0.15) is 62.0 Å². The van der Waals surface area contributed by atoms with Crippen LogP contribution < -0.4 is 15.0 Å². The number of alkyl carbamates (subject to hydrolysis) is 1. The van der Waals surface area contributed by atoms with Crippen molar-refractivity contribution in [2.45, 2.75) is 64.4 Å². The predicted octanol–water partition coefficient (Wildman–Crippen LogP) is 6.30. The molecule has 0 radical (unpaired) electrons. The summed E-state index contributed by atoms with van der Waals surface area (Å²) in [6.07, 6.45) is -1.59. The Hall–Kier alpha value is -4.08. The third-order valence-corrected chi connectivity index (χ3v) is 7.06. The van der Waals surface area contributed by atoms with Crippen LogP contribution in [0.25, 0.3) is 0 Å². The van der Waals surface area contributed by atoms with Gasteiger partial charge in [0.05, 0.1) is 25.8 Å². The summed E-state index contributed by atoms with van der Waals surface area (Å²) >= 11 is 6.45. The minimum absolute atomic E-state index is 0.203. The second-order valence-electron chi connectivity index (χ2n) is 11.4. The van der Waals surface area contributed by atoms with Crippen LogP contribution in [0.3, 0.4) is 0 Å². The third kappa shape index (κ3) is 8.72. The zero-order chi connectivity index (χ0) is 31.1. The Balaban J connectivity index is 1.62. The van der Waals surface area contributed by atoms with Crippen LogP contribution in [0.2, 0.25) is 5.02 Å². The molecule has 10 heteroatoms. The van der Waals surface area contributed by atoms with Crippen molar-refractivity contribution in [1.82, 2.24) is 5.32 Å². The van der Waals surface area contributed by atoms with E-state index in [9.17, 15) is 19.5 Å². The number of nitrogens with one attached hydrogen (secondary N) is 1. The van der Waals surface area contributed by atoms with Gasteiger partial charge in [0, 0.05) is 17.1 Å². The molecule has 1 heterocycles. The zero-order valence-corrected chi connectivity index (χ0v) is 25.5. The minimum atomic E-state index is -1.23. The number of nitrogens with zero attached hydrogens (tertiary/aromatic N) is 1. The molecule has 0 saturated heterocycles. The van der Waals surface area contributed by atoms with Gasteiger partial charge in [-0.25, -0.2) is 4.79 Å². The molecule has 0 fully saturated rings. The summed E-state index contributed by atoms with van der Waals surface area (Å²) < 4.78 is 16.9. The summed E-state index contributed by atoms with van der Waals surface area (Å²) in [6, 6.07) is 20.3. The van der Waals surface area contributed by atoms with Gasteiger partial charge >= 0.3 is 12.1 Å². The molecule has 1 aliphatic rings. The number of anilines is 1. The molecule has 0 aromatic heterocycles.